The number of rotatable bonds is 3. The smallest absolute Gasteiger partial charge is 0.307 e. The first-order valence-electron chi connectivity index (χ1n) is 3.99. The maximum Gasteiger partial charge on any atom is 0.307 e. The number of anilines is 1. The van der Waals surface area contributed by atoms with Crippen molar-refractivity contribution in [2.75, 3.05) is 5.32 Å². The van der Waals surface area contributed by atoms with Crippen LogP contribution in [0.4, 0.5) is 5.00 Å². The minimum absolute atomic E-state index is 0.261. The highest BCUT2D eigenvalue weighted by Gasteiger charge is 2.48. The van der Waals surface area contributed by atoms with Gasteiger partial charge in [-0.3, -0.25) is 9.59 Å². The van der Waals surface area contributed by atoms with Crippen LogP contribution in [0.25, 0.3) is 0 Å². The van der Waals surface area contributed by atoms with E-state index in [1.807, 2.05) is 0 Å². The lowest BCUT2D eigenvalue weighted by atomic mass is 10.3. The van der Waals surface area contributed by atoms with Crippen molar-refractivity contribution in [1.29, 1.82) is 0 Å². The van der Waals surface area contributed by atoms with Gasteiger partial charge in [-0.05, 0) is 6.42 Å². The van der Waals surface area contributed by atoms with Crippen LogP contribution in [-0.4, -0.2) is 26.6 Å². The molecular formula is C7H7N3O3S. The van der Waals surface area contributed by atoms with E-state index >= 15 is 0 Å². The van der Waals surface area contributed by atoms with Gasteiger partial charge in [-0.2, -0.15) is 0 Å². The molecule has 2 rings (SSSR count). The molecule has 2 N–H and O–H groups in total. The first-order valence-corrected chi connectivity index (χ1v) is 4.77. The summed E-state index contributed by atoms with van der Waals surface area (Å²) in [6.45, 7) is 0. The maximum atomic E-state index is 11.4. The van der Waals surface area contributed by atoms with Gasteiger partial charge in [0.05, 0.1) is 18.0 Å². The Morgan fingerprint density at radius 3 is 2.86 bits per heavy atom. The molecule has 0 saturated heterocycles. The number of carboxylic acid groups (broad SMARTS) is 1. The van der Waals surface area contributed by atoms with Crippen LogP contribution in [0, 0.1) is 11.8 Å². The van der Waals surface area contributed by atoms with Gasteiger partial charge in [-0.1, -0.05) is 4.49 Å². The summed E-state index contributed by atoms with van der Waals surface area (Å²) in [5.41, 5.74) is 0. The Kier molecular flexibility index (Phi) is 2.16. The third-order valence-corrected chi connectivity index (χ3v) is 2.63. The summed E-state index contributed by atoms with van der Waals surface area (Å²) in [6, 6.07) is 0. The molecule has 14 heavy (non-hydrogen) atoms. The molecule has 7 heteroatoms. The molecule has 74 valence electrons. The Labute approximate surface area is 83.1 Å². The summed E-state index contributed by atoms with van der Waals surface area (Å²) in [7, 11) is 0. The number of hydrogen-bond acceptors (Lipinski definition) is 5. The quantitative estimate of drug-likeness (QED) is 0.748. The molecule has 1 aliphatic carbocycles. The third-order valence-electron chi connectivity index (χ3n) is 2.05. The minimum Gasteiger partial charge on any atom is -0.481 e. The summed E-state index contributed by atoms with van der Waals surface area (Å²) in [5, 5.41) is 15.3. The predicted octanol–water partition coefficient (Wildman–Crippen LogP) is 0.197. The predicted molar refractivity (Wildman–Crippen MR) is 47.8 cm³/mol. The van der Waals surface area contributed by atoms with Gasteiger partial charge in [0.2, 0.25) is 5.91 Å². The molecule has 1 aliphatic rings. The summed E-state index contributed by atoms with van der Waals surface area (Å²) >= 11 is 1.07. The summed E-state index contributed by atoms with van der Waals surface area (Å²) in [4.78, 5) is 21.8. The number of aromatic nitrogens is 2. The van der Waals surface area contributed by atoms with Crippen molar-refractivity contribution in [3.8, 4) is 0 Å². The molecule has 0 aromatic carbocycles. The molecule has 0 spiro atoms. The monoisotopic (exact) mass is 213 g/mol. The molecule has 1 aromatic heterocycles. The molecule has 1 amide bonds. The fourth-order valence-corrected chi connectivity index (χ4v) is 1.62. The van der Waals surface area contributed by atoms with Gasteiger partial charge in [0.15, 0.2) is 0 Å². The SMILES string of the molecule is O=C(Nc1cnns1)[C@H]1C[C@H]1C(=O)O. The number of amides is 1. The second-order valence-corrected chi connectivity index (χ2v) is 3.84. The van der Waals surface area contributed by atoms with Crippen LogP contribution >= 0.6 is 11.5 Å². The average molecular weight is 213 g/mol. The van der Waals surface area contributed by atoms with E-state index in [1.165, 1.54) is 6.20 Å². The lowest BCUT2D eigenvalue weighted by Crippen LogP contribution is -2.16. The van der Waals surface area contributed by atoms with Crippen molar-refractivity contribution in [3.05, 3.63) is 6.20 Å². The van der Waals surface area contributed by atoms with Crippen molar-refractivity contribution in [2.24, 2.45) is 11.8 Å². The molecular weight excluding hydrogens is 206 g/mol. The van der Waals surface area contributed by atoms with Crippen molar-refractivity contribution in [1.82, 2.24) is 9.59 Å². The summed E-state index contributed by atoms with van der Waals surface area (Å²) < 4.78 is 3.57. The van der Waals surface area contributed by atoms with Gasteiger partial charge in [0.25, 0.3) is 0 Å². The molecule has 1 saturated carbocycles. The van der Waals surface area contributed by atoms with Crippen LogP contribution in [0.5, 0.6) is 0 Å². The summed E-state index contributed by atoms with van der Waals surface area (Å²) in [6.07, 6.45) is 1.86. The van der Waals surface area contributed by atoms with E-state index in [-0.39, 0.29) is 5.91 Å². The maximum absolute atomic E-state index is 11.4. The van der Waals surface area contributed by atoms with Crippen molar-refractivity contribution < 1.29 is 14.7 Å². The van der Waals surface area contributed by atoms with Gasteiger partial charge in [0.1, 0.15) is 5.00 Å². The molecule has 0 aliphatic heterocycles. The van der Waals surface area contributed by atoms with E-state index in [9.17, 15) is 9.59 Å². The largest absolute Gasteiger partial charge is 0.481 e. The molecule has 0 unspecified atom stereocenters. The van der Waals surface area contributed by atoms with Crippen LogP contribution in [0.1, 0.15) is 6.42 Å². The molecule has 1 fully saturated rings. The van der Waals surface area contributed by atoms with Gasteiger partial charge in [0, 0.05) is 11.5 Å². The second-order valence-electron chi connectivity index (χ2n) is 3.06. The number of nitrogens with zero attached hydrogens (tertiary/aromatic N) is 2. The minimum atomic E-state index is -0.910. The molecule has 1 aromatic rings. The van der Waals surface area contributed by atoms with Crippen molar-refractivity contribution in [2.45, 2.75) is 6.42 Å². The van der Waals surface area contributed by atoms with Gasteiger partial charge in [-0.25, -0.2) is 0 Å². The Hall–Kier alpha value is -1.50. The number of carbonyl (C=O) groups is 2. The zero-order valence-electron chi connectivity index (χ0n) is 7.01. The van der Waals surface area contributed by atoms with Crippen LogP contribution < -0.4 is 5.32 Å². The topological polar surface area (TPSA) is 92.2 Å². The average Bonchev–Trinajstić information content (AvgIpc) is 2.80. The lowest BCUT2D eigenvalue weighted by Gasteiger charge is -1.97. The van der Waals surface area contributed by atoms with Crippen LogP contribution in [0.2, 0.25) is 0 Å². The highest BCUT2D eigenvalue weighted by Crippen LogP contribution is 2.39. The van der Waals surface area contributed by atoms with Crippen molar-refractivity contribution >= 4 is 28.4 Å². The highest BCUT2D eigenvalue weighted by molar-refractivity contribution is 7.10. The Morgan fingerprint density at radius 2 is 2.36 bits per heavy atom. The molecule has 2 atom stereocenters. The Morgan fingerprint density at radius 1 is 1.57 bits per heavy atom. The number of aliphatic carboxylic acids is 1. The first-order chi connectivity index (χ1) is 6.68. The number of hydrogen-bond donors (Lipinski definition) is 2. The lowest BCUT2D eigenvalue weighted by molar-refractivity contribution is -0.139. The zero-order chi connectivity index (χ0) is 10.1. The standard InChI is InChI=1S/C7H7N3O3S/c11-6(3-1-4(3)7(12)13)9-5-2-8-10-14-5/h2-4H,1H2,(H,9,11)(H,12,13)/t3-,4+/m0/s1. The van der Waals surface area contributed by atoms with Crippen molar-refractivity contribution in [3.63, 3.8) is 0 Å². The fourth-order valence-electron chi connectivity index (χ4n) is 1.19. The van der Waals surface area contributed by atoms with Gasteiger partial charge < -0.3 is 10.4 Å². The normalized spacial score (nSPS) is 24.3. The molecule has 6 nitrogen and oxygen atoms in total. The second kappa shape index (κ2) is 3.33. The molecule has 0 bridgehead atoms. The van der Waals surface area contributed by atoms with Gasteiger partial charge in [-0.15, -0.1) is 5.10 Å². The molecule has 0 radical (unpaired) electrons. The highest BCUT2D eigenvalue weighted by atomic mass is 32.1. The van der Waals surface area contributed by atoms with Gasteiger partial charge >= 0.3 is 5.97 Å². The van der Waals surface area contributed by atoms with E-state index in [0.29, 0.717) is 11.4 Å². The molecule has 1 heterocycles. The number of nitrogens with one attached hydrogen (secondary N) is 1. The van der Waals surface area contributed by atoms with Crippen LogP contribution in [-0.2, 0) is 9.59 Å². The van der Waals surface area contributed by atoms with E-state index < -0.39 is 17.8 Å². The summed E-state index contributed by atoms with van der Waals surface area (Å²) in [5.74, 6) is -2.08. The van der Waals surface area contributed by atoms with E-state index in [2.05, 4.69) is 14.9 Å². The van der Waals surface area contributed by atoms with E-state index in [0.717, 1.165) is 11.5 Å². The Bertz CT molecular complexity index is 364. The fraction of sp³-hybridized carbons (Fsp3) is 0.429. The van der Waals surface area contributed by atoms with E-state index in [4.69, 9.17) is 5.11 Å². The third kappa shape index (κ3) is 1.72. The number of carboxylic acids is 1. The first kappa shape index (κ1) is 9.07. The Balaban J connectivity index is 1.90. The van der Waals surface area contributed by atoms with Crippen LogP contribution in [0.15, 0.2) is 6.20 Å². The van der Waals surface area contributed by atoms with E-state index in [1.54, 1.807) is 0 Å². The zero-order valence-corrected chi connectivity index (χ0v) is 7.82. The number of carbonyl (C=O) groups excluding carboxylic acids is 1. The van der Waals surface area contributed by atoms with Crippen LogP contribution in [0.3, 0.4) is 0 Å².